The largest absolute Gasteiger partial charge is 0.437 e. The molecule has 0 spiro atoms. The molecule has 1 heterocycles. The molecule has 1 aliphatic heterocycles. The van der Waals surface area contributed by atoms with E-state index >= 15 is 0 Å². The molecule has 143 heavy (non-hydrogen) atoms. The van der Waals surface area contributed by atoms with Crippen LogP contribution < -0.4 is 16.4 Å². The highest BCUT2D eigenvalue weighted by Gasteiger charge is 2.53. The van der Waals surface area contributed by atoms with Crippen LogP contribution >= 0.6 is 0 Å². The third-order valence-electron chi connectivity index (χ3n) is 18.2. The number of methoxy groups -OCH3 is 1. The summed E-state index contributed by atoms with van der Waals surface area (Å²) in [4.78, 5) is 0. The van der Waals surface area contributed by atoms with Gasteiger partial charge in [0.15, 0.2) is 58.2 Å². The van der Waals surface area contributed by atoms with Gasteiger partial charge in [-0.2, -0.15) is 0 Å². The lowest BCUT2D eigenvalue weighted by Crippen LogP contribution is -2.64. The van der Waals surface area contributed by atoms with Crippen LogP contribution in [0.15, 0.2) is 37.4 Å². The van der Waals surface area contributed by atoms with Gasteiger partial charge in [-0.15, -0.1) is 13.2 Å². The number of epoxide rings is 1. The van der Waals surface area contributed by atoms with Crippen molar-refractivity contribution in [3.63, 3.8) is 0 Å². The number of anilines is 1. The molecular weight excluding hydrogens is 2130 g/mol. The van der Waals surface area contributed by atoms with Gasteiger partial charge in [0.1, 0.15) is 6.10 Å². The van der Waals surface area contributed by atoms with Gasteiger partial charge in [0.05, 0.1) is 155 Å². The molecule has 0 bridgehead atoms. The van der Waals surface area contributed by atoms with E-state index in [1.165, 1.54) is 0 Å². The number of ether oxygens (including phenoxy) is 14. The topological polar surface area (TPSA) is 332 Å². The molecule has 858 valence electrons. The number of aliphatic hydroxyl groups excluding tert-OH is 1. The molecule has 0 amide bonds. The van der Waals surface area contributed by atoms with Crippen molar-refractivity contribution in [1.82, 2.24) is 10.6 Å². The zero-order valence-corrected chi connectivity index (χ0v) is 119. The number of benzene rings is 1. The maximum Gasteiger partial charge on any atom is 0.344 e. The predicted octanol–water partition coefficient (Wildman–Crippen LogP) is 19.7. The van der Waals surface area contributed by atoms with E-state index in [2.05, 4.69) is 287 Å². The number of nitrogens with two attached hydrogens (primary N) is 1. The van der Waals surface area contributed by atoms with Crippen molar-refractivity contribution in [3.05, 3.63) is 43.0 Å². The lowest BCUT2D eigenvalue weighted by atomic mass is 10.2. The lowest BCUT2D eigenvalue weighted by Gasteiger charge is -2.43. The minimum Gasteiger partial charge on any atom is -0.437 e. The highest BCUT2D eigenvalue weighted by molar-refractivity contribution is 6.93. The summed E-state index contributed by atoms with van der Waals surface area (Å²) in [7, 11) is -34.2. The number of hydrogen-bond donors (Lipinski definition) is 4. The molecule has 1 aliphatic rings. The van der Waals surface area contributed by atoms with Crippen LogP contribution in [0.25, 0.3) is 0 Å². The van der Waals surface area contributed by atoms with E-state index in [4.69, 9.17) is 130 Å². The summed E-state index contributed by atoms with van der Waals surface area (Å²) in [5.41, 5.74) is 7.74. The van der Waals surface area contributed by atoms with Crippen LogP contribution in [0.1, 0.15) is 92.6 Å². The highest BCUT2D eigenvalue weighted by atomic mass is 28.5. The third kappa shape index (κ3) is 95.4. The molecular formula is C93H225N3O29Si18. The fourth-order valence-electron chi connectivity index (χ4n) is 14.9. The van der Waals surface area contributed by atoms with Crippen LogP contribution in [-0.2, 0) is 130 Å². The average Bonchev–Trinajstić information content (AvgIpc) is 1.66. The predicted molar refractivity (Wildman–Crippen MR) is 637 cm³/mol. The Balaban J connectivity index is -0.000000891. The number of nitrogen functional groups attached to an aromatic ring is 1. The molecule has 5 N–H and O–H groups in total. The van der Waals surface area contributed by atoms with Gasteiger partial charge < -0.3 is 146 Å². The molecule has 11 unspecified atom stereocenters. The van der Waals surface area contributed by atoms with E-state index in [0.717, 1.165) is 88.8 Å². The molecule has 0 aliphatic carbocycles. The van der Waals surface area contributed by atoms with Crippen LogP contribution in [0.2, 0.25) is 242 Å². The van der Waals surface area contributed by atoms with Crippen molar-refractivity contribution in [3.8, 4) is 0 Å². The lowest BCUT2D eigenvalue weighted by molar-refractivity contribution is -0.0221. The van der Waals surface area contributed by atoms with Gasteiger partial charge in [0.25, 0.3) is 0 Å². The molecule has 1 aromatic carbocycles. The first kappa shape index (κ1) is 151. The number of rotatable bonds is 81. The molecule has 50 heteroatoms. The first-order valence-corrected chi connectivity index (χ1v) is 106. The van der Waals surface area contributed by atoms with Crippen LogP contribution in [0, 0.1) is 0 Å². The maximum atomic E-state index is 10.1. The number of nitrogens with one attached hydrogen (secondary N) is 2. The Hall–Kier alpha value is 1.42. The molecule has 1 fully saturated rings. The first-order chi connectivity index (χ1) is 65.4. The summed E-state index contributed by atoms with van der Waals surface area (Å²) in [6, 6.07) is 8.60. The third-order valence-corrected chi connectivity index (χ3v) is 75.8. The second kappa shape index (κ2) is 76.2. The van der Waals surface area contributed by atoms with Gasteiger partial charge >= 0.3 is 85.6 Å². The molecule has 0 aromatic heterocycles. The summed E-state index contributed by atoms with van der Waals surface area (Å²) in [5.74, 6) is 0. The quantitative estimate of drug-likeness (QED) is 0.0155. The standard InChI is InChI=1S/C25H53N3O7Si3.C24H58O9Si5.C21H54O7Si5.C19H48O6Si4.C2H8Si.C2H4/c1-22(30-2)18-32-15-16-33-19-25(29)17-27-13-14-28-21-38(8,34-36(4,5)6)35-37(7,31-3)20-23-9-11-24(26)12-10-23;1-13-14-15-28-23(2)18-25-16-17-26-21-37(11,31-35(6,7)8)33-38(12,22-27-19-24-20-29-24)32-36(9,10)30-34(3,4)5;1-14-15-16-24-21(2)19-22-17-18-23-20-33(13,27-31(9,10)25-29(3,4)5)28-32(11,12)26-30(6,7)8;1-12-13-14-22-19(2)17-20-15-16-21-18-29(11,24-27(6,7)8)25-28(9,10)23-26(3,4)5;1-3-2;1-2/h9-12,22,25,27-29H,13-21,26H2,1-8H3;23-24H,13-22H2,1-12H3;21H,14-20H2,1-13H3;19H,12-18H2,1-11H3;3H2,1-2H3;1-2H2. The summed E-state index contributed by atoms with van der Waals surface area (Å²) < 4.78 is 172. The Morgan fingerprint density at radius 2 is 0.622 bits per heavy atom. The summed E-state index contributed by atoms with van der Waals surface area (Å²) in [5, 5.41) is 16.9. The van der Waals surface area contributed by atoms with Crippen molar-refractivity contribution >= 4 is 159 Å². The number of aliphatic hydroxyl groups is 1. The summed E-state index contributed by atoms with van der Waals surface area (Å²) in [6.07, 6.45) is 9.00. The van der Waals surface area contributed by atoms with Crippen molar-refractivity contribution < 1.29 is 129 Å². The van der Waals surface area contributed by atoms with E-state index in [0.29, 0.717) is 140 Å². The SMILES string of the molecule is C=C.CCCCOC(C)COCCOC[Si](C)(O[Si](C)(C)C)O[Si](C)(C)O[Si](C)(C)C.CCCCOC(C)COCCOC[Si](C)(O[Si](C)(C)C)O[Si](C)(COCC1CO1)O[Si](C)(C)O[Si](C)(C)C.CCCCOC(C)COCCOC[Si](C)(O[Si](C)(C)O[Si](C)(C)C)O[Si](C)(C)O[Si](C)(C)C.COC(C)COCCOCC(O)CNCCNC[Si](C)(O[Si](C)(C)C)O[Si](C)(Cc1ccc(N)cc1)OC.C[SiH2]C. The molecule has 0 saturated carbocycles. The smallest absolute Gasteiger partial charge is 0.344 e. The Kier molecular flexibility index (Phi) is 80.3. The molecule has 1 aromatic rings. The monoisotopic (exact) mass is 2350 g/mol. The van der Waals surface area contributed by atoms with Crippen molar-refractivity contribution in [2.45, 2.75) is 372 Å². The Labute approximate surface area is 896 Å². The van der Waals surface area contributed by atoms with E-state index in [9.17, 15) is 5.11 Å². The van der Waals surface area contributed by atoms with Crippen molar-refractivity contribution in [2.24, 2.45) is 0 Å². The van der Waals surface area contributed by atoms with E-state index in [-0.39, 0.29) is 37.1 Å². The Bertz CT molecular complexity index is 3220. The van der Waals surface area contributed by atoms with E-state index < -0.39 is 150 Å². The van der Waals surface area contributed by atoms with Crippen molar-refractivity contribution in [2.75, 3.05) is 190 Å². The molecule has 2 rings (SSSR count). The van der Waals surface area contributed by atoms with Crippen LogP contribution in [0.5, 0.6) is 0 Å². The van der Waals surface area contributed by atoms with Gasteiger partial charge in [0, 0.05) is 81.1 Å². The number of unbranched alkanes of at least 4 members (excludes halogenated alkanes) is 3. The Morgan fingerprint density at radius 1 is 0.357 bits per heavy atom. The number of hydrogen-bond acceptors (Lipinski definition) is 32. The fourth-order valence-corrected chi connectivity index (χ4v) is 89.7. The maximum absolute atomic E-state index is 10.1. The molecule has 32 nitrogen and oxygen atoms in total. The van der Waals surface area contributed by atoms with Gasteiger partial charge in [-0.05, 0) is 294 Å². The first-order valence-electron chi connectivity index (χ1n) is 52.7. The minimum atomic E-state index is -2.85. The highest BCUT2D eigenvalue weighted by Crippen LogP contribution is 2.32. The molecule has 0 radical (unpaired) electrons. The van der Waals surface area contributed by atoms with Crippen LogP contribution in [-0.4, -0.2) is 379 Å². The second-order valence-electron chi connectivity index (χ2n) is 46.5. The van der Waals surface area contributed by atoms with E-state index in [1.54, 1.807) is 14.2 Å². The van der Waals surface area contributed by atoms with E-state index in [1.807, 2.05) is 52.0 Å². The zero-order valence-electron chi connectivity index (χ0n) is 100. The summed E-state index contributed by atoms with van der Waals surface area (Å²) >= 11 is 0. The van der Waals surface area contributed by atoms with Crippen molar-refractivity contribution in [1.29, 1.82) is 0 Å². The Morgan fingerprint density at radius 3 is 0.923 bits per heavy atom. The van der Waals surface area contributed by atoms with Crippen LogP contribution in [0.4, 0.5) is 5.69 Å². The minimum absolute atomic E-state index is 0.0637. The fraction of sp³-hybridized carbons (Fsp3) is 0.914. The molecule has 1 saturated heterocycles. The van der Waals surface area contributed by atoms with Gasteiger partial charge in [0.2, 0.25) is 0 Å². The van der Waals surface area contributed by atoms with Crippen LogP contribution in [0.3, 0.4) is 0 Å². The molecule has 11 atom stereocenters. The second-order valence-corrected chi connectivity index (χ2v) is 115. The summed E-state index contributed by atoms with van der Waals surface area (Å²) in [6.45, 7) is 113. The average molecular weight is 2360 g/mol. The van der Waals surface area contributed by atoms with Gasteiger partial charge in [-0.3, -0.25) is 0 Å². The van der Waals surface area contributed by atoms with Gasteiger partial charge in [-0.25, -0.2) is 0 Å². The zero-order chi connectivity index (χ0) is 111. The van der Waals surface area contributed by atoms with Gasteiger partial charge in [-0.1, -0.05) is 65.3 Å². The normalized spacial score (nSPS) is 17.1.